The number of carbonyl (C=O) groups excluding carboxylic acids is 1. The van der Waals surface area contributed by atoms with E-state index in [9.17, 15) is 4.79 Å². The molecule has 0 aliphatic rings. The van der Waals surface area contributed by atoms with Gasteiger partial charge in [-0.05, 0) is 36.4 Å². The van der Waals surface area contributed by atoms with Gasteiger partial charge in [-0.1, -0.05) is 29.3 Å². The molecule has 3 nitrogen and oxygen atoms in total. The summed E-state index contributed by atoms with van der Waals surface area (Å²) in [5, 5.41) is 3.69. The Balaban J connectivity index is 2.18. The maximum absolute atomic E-state index is 12.0. The number of benzene rings is 2. The Morgan fingerprint density at radius 1 is 1.16 bits per heavy atom. The molecule has 0 unspecified atom stereocenters. The molecule has 0 aliphatic heterocycles. The van der Waals surface area contributed by atoms with Gasteiger partial charge in [0, 0.05) is 16.3 Å². The fourth-order valence-electron chi connectivity index (χ4n) is 1.58. The van der Waals surface area contributed by atoms with E-state index in [1.807, 2.05) is 0 Å². The van der Waals surface area contributed by atoms with Crippen molar-refractivity contribution in [2.75, 3.05) is 12.4 Å². The summed E-state index contributed by atoms with van der Waals surface area (Å²) in [5.41, 5.74) is 1.08. The van der Waals surface area contributed by atoms with E-state index in [-0.39, 0.29) is 5.91 Å². The SMILES string of the molecule is COc1ccc(C(=O)Nc2cccc(Cl)c2)cc1Cl. The van der Waals surface area contributed by atoms with Crippen molar-refractivity contribution >= 4 is 34.8 Å². The van der Waals surface area contributed by atoms with Crippen LogP contribution in [-0.2, 0) is 0 Å². The van der Waals surface area contributed by atoms with Crippen LogP contribution in [-0.4, -0.2) is 13.0 Å². The number of carbonyl (C=O) groups is 1. The molecule has 5 heteroatoms. The number of anilines is 1. The molecule has 2 rings (SSSR count). The van der Waals surface area contributed by atoms with E-state index in [1.165, 1.54) is 7.11 Å². The van der Waals surface area contributed by atoms with E-state index in [2.05, 4.69) is 5.32 Å². The quantitative estimate of drug-likeness (QED) is 0.919. The van der Waals surface area contributed by atoms with Crippen molar-refractivity contribution in [3.05, 3.63) is 58.1 Å². The number of rotatable bonds is 3. The molecular formula is C14H11Cl2NO2. The molecule has 0 spiro atoms. The molecule has 0 aromatic heterocycles. The Morgan fingerprint density at radius 3 is 2.58 bits per heavy atom. The molecule has 0 fully saturated rings. The normalized spacial score (nSPS) is 10.1. The lowest BCUT2D eigenvalue weighted by Gasteiger charge is -2.07. The summed E-state index contributed by atoms with van der Waals surface area (Å²) in [7, 11) is 1.52. The van der Waals surface area contributed by atoms with Gasteiger partial charge in [-0.2, -0.15) is 0 Å². The van der Waals surface area contributed by atoms with Crippen molar-refractivity contribution in [2.24, 2.45) is 0 Å². The van der Waals surface area contributed by atoms with Crippen molar-refractivity contribution in [2.45, 2.75) is 0 Å². The van der Waals surface area contributed by atoms with E-state index >= 15 is 0 Å². The monoisotopic (exact) mass is 295 g/mol. The first kappa shape index (κ1) is 13.7. The maximum Gasteiger partial charge on any atom is 0.255 e. The third kappa shape index (κ3) is 3.40. The van der Waals surface area contributed by atoms with E-state index < -0.39 is 0 Å². The van der Waals surface area contributed by atoms with Crippen LogP contribution < -0.4 is 10.1 Å². The fourth-order valence-corrected chi connectivity index (χ4v) is 2.03. The van der Waals surface area contributed by atoms with Crippen LogP contribution in [0.1, 0.15) is 10.4 Å². The summed E-state index contributed by atoms with van der Waals surface area (Å²) < 4.78 is 5.03. The van der Waals surface area contributed by atoms with Crippen LogP contribution in [0.3, 0.4) is 0 Å². The Morgan fingerprint density at radius 2 is 1.95 bits per heavy atom. The molecular weight excluding hydrogens is 285 g/mol. The van der Waals surface area contributed by atoms with Crippen LogP contribution in [0.25, 0.3) is 0 Å². The molecule has 0 saturated carbocycles. The van der Waals surface area contributed by atoms with Crippen LogP contribution in [0.15, 0.2) is 42.5 Å². The second-order valence-corrected chi connectivity index (χ2v) is 4.66. The maximum atomic E-state index is 12.0. The molecule has 0 heterocycles. The lowest BCUT2D eigenvalue weighted by atomic mass is 10.2. The van der Waals surface area contributed by atoms with Gasteiger partial charge in [-0.3, -0.25) is 4.79 Å². The van der Waals surface area contributed by atoms with Crippen molar-refractivity contribution in [3.63, 3.8) is 0 Å². The first-order valence-electron chi connectivity index (χ1n) is 5.50. The number of halogens is 2. The Hall–Kier alpha value is -1.71. The molecule has 98 valence electrons. The number of hydrogen-bond donors (Lipinski definition) is 1. The van der Waals surface area contributed by atoms with E-state index in [0.717, 1.165) is 0 Å². The summed E-state index contributed by atoms with van der Waals surface area (Å²) in [6, 6.07) is 11.8. The van der Waals surface area contributed by atoms with Gasteiger partial charge in [0.25, 0.3) is 5.91 Å². The molecule has 2 aromatic rings. The predicted octanol–water partition coefficient (Wildman–Crippen LogP) is 4.25. The summed E-state index contributed by atoms with van der Waals surface area (Å²) >= 11 is 11.8. The van der Waals surface area contributed by atoms with Crippen LogP contribution in [0.4, 0.5) is 5.69 Å². The zero-order valence-corrected chi connectivity index (χ0v) is 11.6. The number of hydrogen-bond acceptors (Lipinski definition) is 2. The Kier molecular flexibility index (Phi) is 4.30. The molecule has 0 atom stereocenters. The van der Waals surface area contributed by atoms with Crippen LogP contribution in [0.5, 0.6) is 5.75 Å². The first-order chi connectivity index (χ1) is 9.10. The number of methoxy groups -OCH3 is 1. The minimum absolute atomic E-state index is 0.258. The van der Waals surface area contributed by atoms with E-state index in [4.69, 9.17) is 27.9 Å². The lowest BCUT2D eigenvalue weighted by Crippen LogP contribution is -2.11. The van der Waals surface area contributed by atoms with Crippen molar-refractivity contribution in [1.82, 2.24) is 0 Å². The molecule has 2 aromatic carbocycles. The molecule has 1 amide bonds. The average molecular weight is 296 g/mol. The topological polar surface area (TPSA) is 38.3 Å². The number of nitrogens with one attached hydrogen (secondary N) is 1. The molecule has 0 aliphatic carbocycles. The first-order valence-corrected chi connectivity index (χ1v) is 6.26. The fraction of sp³-hybridized carbons (Fsp3) is 0.0714. The van der Waals surface area contributed by atoms with E-state index in [1.54, 1.807) is 42.5 Å². The Bertz CT molecular complexity index is 614. The molecule has 19 heavy (non-hydrogen) atoms. The van der Waals surface area contributed by atoms with Crippen LogP contribution >= 0.6 is 23.2 Å². The average Bonchev–Trinajstić information content (AvgIpc) is 2.38. The smallest absolute Gasteiger partial charge is 0.255 e. The van der Waals surface area contributed by atoms with Gasteiger partial charge in [-0.15, -0.1) is 0 Å². The zero-order valence-electron chi connectivity index (χ0n) is 10.1. The molecule has 0 radical (unpaired) electrons. The highest BCUT2D eigenvalue weighted by Gasteiger charge is 2.09. The highest BCUT2D eigenvalue weighted by Crippen LogP contribution is 2.25. The van der Waals surface area contributed by atoms with Crippen LogP contribution in [0.2, 0.25) is 10.0 Å². The van der Waals surface area contributed by atoms with Gasteiger partial charge in [0.15, 0.2) is 0 Å². The van der Waals surface area contributed by atoms with Gasteiger partial charge >= 0.3 is 0 Å². The summed E-state index contributed by atoms with van der Waals surface area (Å²) in [4.78, 5) is 12.0. The Labute approximate surface area is 121 Å². The van der Waals surface area contributed by atoms with Crippen molar-refractivity contribution in [1.29, 1.82) is 0 Å². The summed E-state index contributed by atoms with van der Waals surface area (Å²) in [5.74, 6) is 0.271. The zero-order chi connectivity index (χ0) is 13.8. The molecule has 0 saturated heterocycles. The van der Waals surface area contributed by atoms with Crippen molar-refractivity contribution in [3.8, 4) is 5.75 Å². The van der Waals surface area contributed by atoms with E-state index in [0.29, 0.717) is 27.0 Å². The van der Waals surface area contributed by atoms with Gasteiger partial charge in [0.1, 0.15) is 5.75 Å². The second kappa shape index (κ2) is 5.95. The highest BCUT2D eigenvalue weighted by atomic mass is 35.5. The number of amides is 1. The second-order valence-electron chi connectivity index (χ2n) is 3.81. The van der Waals surface area contributed by atoms with Crippen LogP contribution in [0, 0.1) is 0 Å². The van der Waals surface area contributed by atoms with Gasteiger partial charge in [0.05, 0.1) is 12.1 Å². The van der Waals surface area contributed by atoms with Gasteiger partial charge in [0.2, 0.25) is 0 Å². The lowest BCUT2D eigenvalue weighted by molar-refractivity contribution is 0.102. The standard InChI is InChI=1S/C14H11Cl2NO2/c1-19-13-6-5-9(7-12(13)16)14(18)17-11-4-2-3-10(15)8-11/h2-8H,1H3,(H,17,18). The minimum atomic E-state index is -0.258. The predicted molar refractivity (Wildman–Crippen MR) is 77.4 cm³/mol. The number of ether oxygens (including phenoxy) is 1. The molecule has 1 N–H and O–H groups in total. The van der Waals surface area contributed by atoms with Gasteiger partial charge < -0.3 is 10.1 Å². The summed E-state index contributed by atoms with van der Waals surface area (Å²) in [6.45, 7) is 0. The van der Waals surface area contributed by atoms with Crippen molar-refractivity contribution < 1.29 is 9.53 Å². The van der Waals surface area contributed by atoms with Gasteiger partial charge in [-0.25, -0.2) is 0 Å². The highest BCUT2D eigenvalue weighted by molar-refractivity contribution is 6.32. The molecule has 0 bridgehead atoms. The minimum Gasteiger partial charge on any atom is -0.495 e. The summed E-state index contributed by atoms with van der Waals surface area (Å²) in [6.07, 6.45) is 0. The third-order valence-corrected chi connectivity index (χ3v) is 3.03. The third-order valence-electron chi connectivity index (χ3n) is 2.50. The largest absolute Gasteiger partial charge is 0.495 e.